The van der Waals surface area contributed by atoms with E-state index in [4.69, 9.17) is 10.2 Å². The van der Waals surface area contributed by atoms with Gasteiger partial charge in [0.1, 0.15) is 12.2 Å². The van der Waals surface area contributed by atoms with E-state index in [0.29, 0.717) is 0 Å². The Kier molecular flexibility index (Phi) is 1.58. The summed E-state index contributed by atoms with van der Waals surface area (Å²) >= 11 is 0. The maximum absolute atomic E-state index is 10.8. The van der Waals surface area contributed by atoms with Crippen LogP contribution in [0.25, 0.3) is 0 Å². The molecular weight excluding hydrogens is 168 g/mol. The SMILES string of the molecule is O=C1O[C@@H]2[C@@H](O)[C@@H]1O[C@H](O)[C@@H]2O. The summed E-state index contributed by atoms with van der Waals surface area (Å²) in [5, 5.41) is 27.3. The Hall–Kier alpha value is -0.690. The van der Waals surface area contributed by atoms with Crippen LogP contribution >= 0.6 is 0 Å². The Labute approximate surface area is 67.3 Å². The highest BCUT2D eigenvalue weighted by molar-refractivity contribution is 5.78. The Bertz CT molecular complexity index is 216. The van der Waals surface area contributed by atoms with Gasteiger partial charge in [-0.2, -0.15) is 0 Å². The second kappa shape index (κ2) is 2.40. The highest BCUT2D eigenvalue weighted by atomic mass is 16.7. The van der Waals surface area contributed by atoms with Crippen molar-refractivity contribution < 1.29 is 29.6 Å². The van der Waals surface area contributed by atoms with Crippen LogP contribution in [0.15, 0.2) is 0 Å². The average molecular weight is 176 g/mol. The minimum Gasteiger partial charge on any atom is -0.454 e. The second-order valence-corrected chi connectivity index (χ2v) is 2.83. The third kappa shape index (κ3) is 0.862. The minimum atomic E-state index is -1.46. The standard InChI is InChI=1S/C6H8O6/c7-1-3-2(8)5(9)12-4(1)6(10)11-3/h1-5,7-9H/t1-,2-,3-,4+,5+/m1/s1. The Morgan fingerprint density at radius 2 is 1.83 bits per heavy atom. The summed E-state index contributed by atoms with van der Waals surface area (Å²) in [6.45, 7) is 0. The molecule has 3 N–H and O–H groups in total. The fourth-order valence-corrected chi connectivity index (χ4v) is 1.38. The summed E-state index contributed by atoms with van der Waals surface area (Å²) in [4.78, 5) is 10.8. The van der Waals surface area contributed by atoms with E-state index in [-0.39, 0.29) is 0 Å². The van der Waals surface area contributed by atoms with Crippen LogP contribution in [0.1, 0.15) is 0 Å². The average Bonchev–Trinajstić information content (AvgIpc) is 2.23. The number of aliphatic hydroxyl groups excluding tert-OH is 3. The number of aliphatic hydroxyl groups is 3. The number of carbonyl (C=O) groups excluding carboxylic acids is 1. The number of rotatable bonds is 0. The lowest BCUT2D eigenvalue weighted by molar-refractivity contribution is -0.242. The first-order valence-electron chi connectivity index (χ1n) is 3.51. The van der Waals surface area contributed by atoms with Gasteiger partial charge in [0.2, 0.25) is 0 Å². The third-order valence-electron chi connectivity index (χ3n) is 2.05. The van der Waals surface area contributed by atoms with Gasteiger partial charge >= 0.3 is 5.97 Å². The Balaban J connectivity index is 2.25. The molecule has 0 amide bonds. The molecule has 2 saturated heterocycles. The van der Waals surface area contributed by atoms with Crippen LogP contribution in [0.2, 0.25) is 0 Å². The van der Waals surface area contributed by atoms with Gasteiger partial charge in [0.15, 0.2) is 18.5 Å². The molecule has 0 aromatic rings. The molecule has 0 radical (unpaired) electrons. The molecule has 2 heterocycles. The number of hydrogen-bond acceptors (Lipinski definition) is 6. The van der Waals surface area contributed by atoms with E-state index >= 15 is 0 Å². The van der Waals surface area contributed by atoms with Crippen molar-refractivity contribution in [2.75, 3.05) is 0 Å². The largest absolute Gasteiger partial charge is 0.454 e. The molecule has 6 heteroatoms. The maximum Gasteiger partial charge on any atom is 0.338 e. The third-order valence-corrected chi connectivity index (χ3v) is 2.05. The van der Waals surface area contributed by atoms with Crippen LogP contribution in [0.5, 0.6) is 0 Å². The molecule has 2 aliphatic rings. The van der Waals surface area contributed by atoms with Crippen LogP contribution in [-0.4, -0.2) is 52.0 Å². The minimum absolute atomic E-state index is 0.747. The van der Waals surface area contributed by atoms with Gasteiger partial charge < -0.3 is 24.8 Å². The normalized spacial score (nSPS) is 52.2. The van der Waals surface area contributed by atoms with E-state index < -0.39 is 36.7 Å². The summed E-state index contributed by atoms with van der Waals surface area (Å²) in [7, 11) is 0. The predicted octanol–water partition coefficient (Wildman–Crippen LogP) is -2.65. The molecule has 6 nitrogen and oxygen atoms in total. The summed E-state index contributed by atoms with van der Waals surface area (Å²) in [6.07, 6.45) is -6.24. The first kappa shape index (κ1) is 7.93. The fourth-order valence-electron chi connectivity index (χ4n) is 1.38. The molecule has 68 valence electrons. The van der Waals surface area contributed by atoms with Crippen molar-refractivity contribution >= 4 is 5.97 Å². The maximum atomic E-state index is 10.8. The molecule has 2 fully saturated rings. The van der Waals surface area contributed by atoms with Crippen molar-refractivity contribution in [3.63, 3.8) is 0 Å². The van der Waals surface area contributed by atoms with E-state index in [1.165, 1.54) is 0 Å². The topological polar surface area (TPSA) is 96.2 Å². The number of ether oxygens (including phenoxy) is 2. The van der Waals surface area contributed by atoms with E-state index in [0.717, 1.165) is 0 Å². The Morgan fingerprint density at radius 1 is 1.17 bits per heavy atom. The molecule has 2 bridgehead atoms. The molecule has 2 rings (SSSR count). The lowest BCUT2D eigenvalue weighted by Gasteiger charge is -2.30. The molecule has 0 spiro atoms. The zero-order chi connectivity index (χ0) is 8.88. The van der Waals surface area contributed by atoms with Crippen molar-refractivity contribution in [2.24, 2.45) is 0 Å². The number of fused-ring (bicyclic) bond motifs is 2. The van der Waals surface area contributed by atoms with Crippen LogP contribution in [0, 0.1) is 0 Å². The smallest absolute Gasteiger partial charge is 0.338 e. The molecule has 2 aliphatic heterocycles. The fraction of sp³-hybridized carbons (Fsp3) is 0.833. The molecule has 12 heavy (non-hydrogen) atoms. The summed E-state index contributed by atoms with van der Waals surface area (Å²) in [6, 6.07) is 0. The predicted molar refractivity (Wildman–Crippen MR) is 32.8 cm³/mol. The summed E-state index contributed by atoms with van der Waals surface area (Å²) in [5.41, 5.74) is 0. The van der Waals surface area contributed by atoms with Gasteiger partial charge in [-0.25, -0.2) is 4.79 Å². The number of esters is 1. The van der Waals surface area contributed by atoms with E-state index in [2.05, 4.69) is 9.47 Å². The number of carbonyl (C=O) groups is 1. The highest BCUT2D eigenvalue weighted by Crippen LogP contribution is 2.29. The molecule has 0 aromatic heterocycles. The van der Waals surface area contributed by atoms with Gasteiger partial charge in [-0.15, -0.1) is 0 Å². The van der Waals surface area contributed by atoms with Gasteiger partial charge in [-0.3, -0.25) is 0 Å². The monoisotopic (exact) mass is 176 g/mol. The molecule has 0 aliphatic carbocycles. The molecule has 0 saturated carbocycles. The van der Waals surface area contributed by atoms with Gasteiger partial charge in [0.25, 0.3) is 0 Å². The Morgan fingerprint density at radius 3 is 2.50 bits per heavy atom. The molecule has 0 aromatic carbocycles. The van der Waals surface area contributed by atoms with Crippen LogP contribution in [0.4, 0.5) is 0 Å². The van der Waals surface area contributed by atoms with Crippen LogP contribution in [0.3, 0.4) is 0 Å². The summed E-state index contributed by atoms with van der Waals surface area (Å²) < 4.78 is 9.15. The molecular formula is C6H8O6. The summed E-state index contributed by atoms with van der Waals surface area (Å²) in [5.74, 6) is -0.747. The van der Waals surface area contributed by atoms with Crippen molar-refractivity contribution in [1.82, 2.24) is 0 Å². The van der Waals surface area contributed by atoms with Gasteiger partial charge in [-0.1, -0.05) is 0 Å². The molecule has 0 unspecified atom stereocenters. The first-order chi connectivity index (χ1) is 5.61. The van der Waals surface area contributed by atoms with Crippen LogP contribution in [-0.2, 0) is 14.3 Å². The van der Waals surface area contributed by atoms with Crippen molar-refractivity contribution in [3.8, 4) is 0 Å². The van der Waals surface area contributed by atoms with Gasteiger partial charge in [-0.05, 0) is 0 Å². The van der Waals surface area contributed by atoms with E-state index in [1.54, 1.807) is 0 Å². The van der Waals surface area contributed by atoms with E-state index in [1.807, 2.05) is 0 Å². The van der Waals surface area contributed by atoms with Crippen molar-refractivity contribution in [2.45, 2.75) is 30.7 Å². The van der Waals surface area contributed by atoms with Crippen molar-refractivity contribution in [3.05, 3.63) is 0 Å². The van der Waals surface area contributed by atoms with E-state index in [9.17, 15) is 9.90 Å². The zero-order valence-electron chi connectivity index (χ0n) is 5.95. The molecule has 5 atom stereocenters. The number of hydrogen-bond donors (Lipinski definition) is 3. The van der Waals surface area contributed by atoms with Crippen molar-refractivity contribution in [1.29, 1.82) is 0 Å². The van der Waals surface area contributed by atoms with Gasteiger partial charge in [0.05, 0.1) is 0 Å². The lowest BCUT2D eigenvalue weighted by Crippen LogP contribution is -2.53. The quantitative estimate of drug-likeness (QED) is 0.349. The van der Waals surface area contributed by atoms with Gasteiger partial charge in [0, 0.05) is 0 Å². The zero-order valence-corrected chi connectivity index (χ0v) is 5.95. The first-order valence-corrected chi connectivity index (χ1v) is 3.51. The lowest BCUT2D eigenvalue weighted by atomic mass is 10.0. The highest BCUT2D eigenvalue weighted by Gasteiger charge is 2.55. The van der Waals surface area contributed by atoms with Crippen LogP contribution < -0.4 is 0 Å². The second-order valence-electron chi connectivity index (χ2n) is 2.83.